The van der Waals surface area contributed by atoms with Gasteiger partial charge in [-0.15, -0.1) is 0 Å². The Labute approximate surface area is 122 Å². The van der Waals surface area contributed by atoms with Gasteiger partial charge in [0, 0.05) is 18.6 Å². The summed E-state index contributed by atoms with van der Waals surface area (Å²) in [7, 11) is 0. The van der Waals surface area contributed by atoms with E-state index >= 15 is 0 Å². The van der Waals surface area contributed by atoms with Crippen LogP contribution in [0, 0.1) is 0 Å². The number of carboxylic acid groups (broad SMARTS) is 1. The van der Waals surface area contributed by atoms with E-state index in [-0.39, 0.29) is 18.4 Å². The fourth-order valence-corrected chi connectivity index (χ4v) is 2.82. The van der Waals surface area contributed by atoms with E-state index in [2.05, 4.69) is 5.32 Å². The van der Waals surface area contributed by atoms with E-state index in [4.69, 9.17) is 9.47 Å². The number of amides is 1. The Morgan fingerprint density at radius 1 is 1.29 bits per heavy atom. The largest absolute Gasteiger partial charge is 0.493 e. The zero-order valence-corrected chi connectivity index (χ0v) is 11.5. The van der Waals surface area contributed by atoms with Gasteiger partial charge >= 0.3 is 5.97 Å². The fraction of sp³-hybridized carbons (Fsp3) is 0.467. The van der Waals surface area contributed by atoms with Gasteiger partial charge in [-0.1, -0.05) is 18.2 Å². The van der Waals surface area contributed by atoms with Gasteiger partial charge in [0.25, 0.3) is 0 Å². The lowest BCUT2D eigenvalue weighted by Crippen LogP contribution is -2.56. The third-order valence-electron chi connectivity index (χ3n) is 4.07. The second-order valence-electron chi connectivity index (χ2n) is 5.41. The molecule has 0 spiro atoms. The molecule has 2 aliphatic rings. The molecular formula is C15H17NO5. The topological polar surface area (TPSA) is 84.9 Å². The zero-order chi connectivity index (χ0) is 14.9. The first-order valence-electron chi connectivity index (χ1n) is 6.97. The molecule has 3 rings (SSSR count). The van der Waals surface area contributed by atoms with Gasteiger partial charge in [0.1, 0.15) is 5.75 Å². The number of hydrogen-bond acceptors (Lipinski definition) is 4. The fourth-order valence-electron chi connectivity index (χ4n) is 2.82. The van der Waals surface area contributed by atoms with Gasteiger partial charge in [-0.25, -0.2) is 4.79 Å². The summed E-state index contributed by atoms with van der Waals surface area (Å²) in [4.78, 5) is 24.0. The number of benzene rings is 1. The van der Waals surface area contributed by atoms with Crippen LogP contribution >= 0.6 is 0 Å². The molecule has 0 saturated carbocycles. The lowest BCUT2D eigenvalue weighted by Gasteiger charge is -2.29. The molecule has 2 unspecified atom stereocenters. The molecule has 1 aromatic carbocycles. The number of carboxylic acids is 1. The van der Waals surface area contributed by atoms with E-state index < -0.39 is 11.5 Å². The van der Waals surface area contributed by atoms with Crippen molar-refractivity contribution in [1.82, 2.24) is 5.32 Å². The Kier molecular flexibility index (Phi) is 3.55. The Hall–Kier alpha value is -2.08. The normalized spacial score (nSPS) is 27.5. The summed E-state index contributed by atoms with van der Waals surface area (Å²) in [5.74, 6) is -1.02. The van der Waals surface area contributed by atoms with Crippen molar-refractivity contribution in [2.75, 3.05) is 19.8 Å². The molecule has 1 saturated heterocycles. The summed E-state index contributed by atoms with van der Waals surface area (Å²) >= 11 is 0. The second-order valence-corrected chi connectivity index (χ2v) is 5.41. The Balaban J connectivity index is 1.82. The molecule has 112 valence electrons. The molecule has 1 amide bonds. The molecule has 1 aromatic rings. The summed E-state index contributed by atoms with van der Waals surface area (Å²) < 4.78 is 10.7. The number of nitrogens with one attached hydrogen (secondary N) is 1. The van der Waals surface area contributed by atoms with Gasteiger partial charge in [-0.05, 0) is 12.5 Å². The van der Waals surface area contributed by atoms with E-state index in [1.54, 1.807) is 0 Å². The summed E-state index contributed by atoms with van der Waals surface area (Å²) in [5.41, 5.74) is -0.495. The van der Waals surface area contributed by atoms with Crippen molar-refractivity contribution < 1.29 is 24.2 Å². The van der Waals surface area contributed by atoms with Crippen molar-refractivity contribution in [1.29, 1.82) is 0 Å². The van der Waals surface area contributed by atoms with Gasteiger partial charge < -0.3 is 19.9 Å². The molecule has 1 fully saturated rings. The van der Waals surface area contributed by atoms with E-state index in [9.17, 15) is 14.7 Å². The highest BCUT2D eigenvalue weighted by Crippen LogP contribution is 2.34. The summed E-state index contributed by atoms with van der Waals surface area (Å²) in [5, 5.41) is 12.1. The molecule has 0 aromatic heterocycles. The maximum atomic E-state index is 12.5. The Bertz CT molecular complexity index is 565. The van der Waals surface area contributed by atoms with Gasteiger partial charge in [0.15, 0.2) is 5.54 Å². The maximum absolute atomic E-state index is 12.5. The average molecular weight is 291 g/mol. The van der Waals surface area contributed by atoms with Crippen molar-refractivity contribution in [2.45, 2.75) is 24.3 Å². The van der Waals surface area contributed by atoms with E-state index in [1.807, 2.05) is 24.3 Å². The number of para-hydroxylation sites is 1. The smallest absolute Gasteiger partial charge is 0.331 e. The number of rotatable bonds is 3. The van der Waals surface area contributed by atoms with Gasteiger partial charge in [0.05, 0.1) is 19.1 Å². The van der Waals surface area contributed by atoms with Crippen LogP contribution < -0.4 is 10.1 Å². The van der Waals surface area contributed by atoms with E-state index in [0.29, 0.717) is 31.8 Å². The molecule has 0 radical (unpaired) electrons. The van der Waals surface area contributed by atoms with Crippen LogP contribution in [-0.2, 0) is 14.3 Å². The van der Waals surface area contributed by atoms with Gasteiger partial charge in [-0.2, -0.15) is 0 Å². The lowest BCUT2D eigenvalue weighted by molar-refractivity contribution is -0.148. The second kappa shape index (κ2) is 5.37. The summed E-state index contributed by atoms with van der Waals surface area (Å²) in [6, 6.07) is 7.36. The van der Waals surface area contributed by atoms with Crippen molar-refractivity contribution >= 4 is 11.9 Å². The minimum absolute atomic E-state index is 0.0128. The number of ether oxygens (including phenoxy) is 2. The predicted molar refractivity (Wildman–Crippen MR) is 73.2 cm³/mol. The van der Waals surface area contributed by atoms with Crippen molar-refractivity contribution in [3.8, 4) is 5.75 Å². The number of carbonyl (C=O) groups excluding carboxylic acids is 1. The molecule has 6 heteroatoms. The number of hydrogen-bond donors (Lipinski definition) is 2. The van der Waals surface area contributed by atoms with Crippen molar-refractivity contribution in [3.05, 3.63) is 29.8 Å². The first-order valence-corrected chi connectivity index (χ1v) is 6.97. The zero-order valence-electron chi connectivity index (χ0n) is 11.5. The molecule has 21 heavy (non-hydrogen) atoms. The quantitative estimate of drug-likeness (QED) is 0.864. The van der Waals surface area contributed by atoms with Crippen LogP contribution in [0.1, 0.15) is 24.3 Å². The third kappa shape index (κ3) is 2.47. The standard InChI is InChI=1S/C15H17NO5/c17-13(16-15(14(18)19)6-8-20-9-15)11-5-7-21-12-4-2-1-3-10(11)12/h1-4,11H,5-9H2,(H,16,17)(H,18,19). The number of fused-ring (bicyclic) bond motifs is 1. The molecular weight excluding hydrogens is 274 g/mol. The first kappa shape index (κ1) is 13.9. The van der Waals surface area contributed by atoms with Crippen molar-refractivity contribution in [2.24, 2.45) is 0 Å². The van der Waals surface area contributed by atoms with E-state index in [0.717, 1.165) is 5.56 Å². The highest BCUT2D eigenvalue weighted by Gasteiger charge is 2.45. The highest BCUT2D eigenvalue weighted by molar-refractivity contribution is 5.91. The Morgan fingerprint density at radius 3 is 2.81 bits per heavy atom. The monoisotopic (exact) mass is 291 g/mol. The van der Waals surface area contributed by atoms with Crippen molar-refractivity contribution in [3.63, 3.8) is 0 Å². The van der Waals surface area contributed by atoms with Crippen LogP contribution in [0.25, 0.3) is 0 Å². The minimum atomic E-state index is -1.30. The lowest BCUT2D eigenvalue weighted by atomic mass is 9.90. The Morgan fingerprint density at radius 2 is 2.10 bits per heavy atom. The summed E-state index contributed by atoms with van der Waals surface area (Å²) in [6.45, 7) is 0.807. The van der Waals surface area contributed by atoms with Crippen LogP contribution in [0.15, 0.2) is 24.3 Å². The predicted octanol–water partition coefficient (Wildman–Crippen LogP) is 0.913. The van der Waals surface area contributed by atoms with Crippen LogP contribution in [0.3, 0.4) is 0 Å². The summed E-state index contributed by atoms with van der Waals surface area (Å²) in [6.07, 6.45) is 0.832. The first-order chi connectivity index (χ1) is 10.1. The minimum Gasteiger partial charge on any atom is -0.493 e. The van der Waals surface area contributed by atoms with Crippen LogP contribution in [0.5, 0.6) is 5.75 Å². The molecule has 2 aliphatic heterocycles. The van der Waals surface area contributed by atoms with E-state index in [1.165, 1.54) is 0 Å². The number of aliphatic carboxylic acids is 1. The van der Waals surface area contributed by atoms with Gasteiger partial charge in [-0.3, -0.25) is 4.79 Å². The SMILES string of the molecule is O=C(NC1(C(=O)O)CCOC1)C1CCOc2ccccc21. The molecule has 0 bridgehead atoms. The van der Waals surface area contributed by atoms with Gasteiger partial charge in [0.2, 0.25) is 5.91 Å². The molecule has 6 nitrogen and oxygen atoms in total. The third-order valence-corrected chi connectivity index (χ3v) is 4.07. The maximum Gasteiger partial charge on any atom is 0.331 e. The van der Waals surface area contributed by atoms with Crippen LogP contribution in [-0.4, -0.2) is 42.3 Å². The average Bonchev–Trinajstić information content (AvgIpc) is 2.96. The highest BCUT2D eigenvalue weighted by atomic mass is 16.5. The van der Waals surface area contributed by atoms with Crippen LogP contribution in [0.4, 0.5) is 0 Å². The van der Waals surface area contributed by atoms with Crippen LogP contribution in [0.2, 0.25) is 0 Å². The molecule has 0 aliphatic carbocycles. The molecule has 2 atom stereocenters. The number of carbonyl (C=O) groups is 2. The molecule has 2 N–H and O–H groups in total. The molecule has 2 heterocycles.